The molecule has 2 N–H and O–H groups in total. The number of rotatable bonds is 5. The second-order valence-electron chi connectivity index (χ2n) is 2.82. The first-order chi connectivity index (χ1) is 6.22. The summed E-state index contributed by atoms with van der Waals surface area (Å²) in [6.07, 6.45) is 0.709. The third-order valence-corrected chi connectivity index (χ3v) is 2.60. The van der Waals surface area contributed by atoms with E-state index in [0.717, 1.165) is 17.3 Å². The van der Waals surface area contributed by atoms with Crippen LogP contribution in [0.5, 0.6) is 0 Å². The Bertz CT molecular complexity index is 249. The fourth-order valence-electron chi connectivity index (χ4n) is 0.968. The molecule has 0 saturated heterocycles. The standard InChI is InChI=1S/C7H15N5S/c1-3-13-5-6(8)4-7-9-11-12(2)10-7/h6H,3-5,8H2,1-2H3. The fraction of sp³-hybridized carbons (Fsp3) is 0.857. The number of nitrogens with two attached hydrogens (primary N) is 1. The van der Waals surface area contributed by atoms with Crippen molar-refractivity contribution in [2.24, 2.45) is 12.8 Å². The Kier molecular flexibility index (Phi) is 4.17. The van der Waals surface area contributed by atoms with Crippen LogP contribution in [0.15, 0.2) is 0 Å². The molecule has 1 atom stereocenters. The van der Waals surface area contributed by atoms with Gasteiger partial charge >= 0.3 is 0 Å². The Morgan fingerprint density at radius 2 is 2.38 bits per heavy atom. The summed E-state index contributed by atoms with van der Waals surface area (Å²) in [7, 11) is 1.75. The molecule has 0 aliphatic heterocycles. The Morgan fingerprint density at radius 3 is 2.92 bits per heavy atom. The van der Waals surface area contributed by atoms with Crippen molar-refractivity contribution in [2.45, 2.75) is 19.4 Å². The quantitative estimate of drug-likeness (QED) is 0.716. The van der Waals surface area contributed by atoms with Crippen molar-refractivity contribution >= 4 is 11.8 Å². The van der Waals surface area contributed by atoms with Crippen LogP contribution < -0.4 is 5.73 Å². The molecule has 0 spiro atoms. The number of aromatic nitrogens is 4. The minimum atomic E-state index is 0.133. The van der Waals surface area contributed by atoms with Crippen LogP contribution >= 0.6 is 11.8 Å². The van der Waals surface area contributed by atoms with E-state index in [1.165, 1.54) is 4.80 Å². The zero-order chi connectivity index (χ0) is 9.68. The van der Waals surface area contributed by atoms with Gasteiger partial charge in [0.2, 0.25) is 0 Å². The van der Waals surface area contributed by atoms with Crippen LogP contribution in [0.1, 0.15) is 12.7 Å². The van der Waals surface area contributed by atoms with Gasteiger partial charge in [-0.25, -0.2) is 0 Å². The van der Waals surface area contributed by atoms with Crippen molar-refractivity contribution in [3.8, 4) is 0 Å². The van der Waals surface area contributed by atoms with Crippen molar-refractivity contribution in [3.63, 3.8) is 0 Å². The van der Waals surface area contributed by atoms with Crippen LogP contribution in [0.25, 0.3) is 0 Å². The zero-order valence-electron chi connectivity index (χ0n) is 7.97. The topological polar surface area (TPSA) is 69.6 Å². The molecule has 0 radical (unpaired) electrons. The molecule has 6 heteroatoms. The average Bonchev–Trinajstić information content (AvgIpc) is 2.48. The molecule has 0 amide bonds. The average molecular weight is 201 g/mol. The summed E-state index contributed by atoms with van der Waals surface area (Å²) in [5.74, 6) is 2.78. The van der Waals surface area contributed by atoms with Crippen LogP contribution in [-0.4, -0.2) is 37.8 Å². The molecule has 0 saturated carbocycles. The van der Waals surface area contributed by atoms with E-state index in [0.29, 0.717) is 6.42 Å². The maximum atomic E-state index is 5.86. The highest BCUT2D eigenvalue weighted by atomic mass is 32.2. The molecule has 0 fully saturated rings. The lowest BCUT2D eigenvalue weighted by Crippen LogP contribution is -2.26. The van der Waals surface area contributed by atoms with E-state index in [4.69, 9.17) is 5.73 Å². The molecular formula is C7H15N5S. The number of nitrogens with zero attached hydrogens (tertiary/aromatic N) is 4. The number of hydrogen-bond acceptors (Lipinski definition) is 5. The molecule has 0 aliphatic rings. The highest BCUT2D eigenvalue weighted by Crippen LogP contribution is 2.03. The third-order valence-electron chi connectivity index (χ3n) is 1.53. The van der Waals surface area contributed by atoms with Gasteiger partial charge in [-0.05, 0) is 11.0 Å². The molecule has 0 bridgehead atoms. The summed E-state index contributed by atoms with van der Waals surface area (Å²) < 4.78 is 0. The minimum absolute atomic E-state index is 0.133. The lowest BCUT2D eigenvalue weighted by atomic mass is 10.2. The lowest BCUT2D eigenvalue weighted by molar-refractivity contribution is 0.624. The van der Waals surface area contributed by atoms with E-state index in [1.54, 1.807) is 7.05 Å². The molecule has 1 aromatic rings. The molecule has 0 aromatic carbocycles. The number of tetrazole rings is 1. The summed E-state index contributed by atoms with van der Waals surface area (Å²) in [5.41, 5.74) is 5.86. The molecule has 1 rings (SSSR count). The third kappa shape index (κ3) is 3.73. The van der Waals surface area contributed by atoms with Crippen LogP contribution in [-0.2, 0) is 13.5 Å². The van der Waals surface area contributed by atoms with E-state index < -0.39 is 0 Å². The normalized spacial score (nSPS) is 13.2. The van der Waals surface area contributed by atoms with Gasteiger partial charge in [0, 0.05) is 18.2 Å². The van der Waals surface area contributed by atoms with Gasteiger partial charge in [-0.1, -0.05) is 6.92 Å². The number of thioether (sulfide) groups is 1. The minimum Gasteiger partial charge on any atom is -0.327 e. The Hall–Kier alpha value is -0.620. The molecule has 0 aliphatic carbocycles. The Morgan fingerprint density at radius 1 is 1.62 bits per heavy atom. The fourth-order valence-corrected chi connectivity index (χ4v) is 1.62. The smallest absolute Gasteiger partial charge is 0.176 e. The van der Waals surface area contributed by atoms with Gasteiger partial charge in [-0.15, -0.1) is 10.2 Å². The Balaban J connectivity index is 2.31. The highest BCUT2D eigenvalue weighted by molar-refractivity contribution is 7.99. The monoisotopic (exact) mass is 201 g/mol. The van der Waals surface area contributed by atoms with Gasteiger partial charge in [0.1, 0.15) is 0 Å². The van der Waals surface area contributed by atoms with Crippen molar-refractivity contribution in [1.82, 2.24) is 20.2 Å². The lowest BCUT2D eigenvalue weighted by Gasteiger charge is -2.06. The molecule has 5 nitrogen and oxygen atoms in total. The molecular weight excluding hydrogens is 186 g/mol. The first-order valence-corrected chi connectivity index (χ1v) is 5.44. The predicted molar refractivity (Wildman–Crippen MR) is 53.5 cm³/mol. The summed E-state index contributed by atoms with van der Waals surface area (Å²) >= 11 is 1.83. The second-order valence-corrected chi connectivity index (χ2v) is 4.14. The molecule has 13 heavy (non-hydrogen) atoms. The predicted octanol–water partition coefficient (Wildman–Crippen LogP) is -0.167. The molecule has 1 aromatic heterocycles. The van der Waals surface area contributed by atoms with Crippen molar-refractivity contribution < 1.29 is 0 Å². The highest BCUT2D eigenvalue weighted by Gasteiger charge is 2.07. The molecule has 1 unspecified atom stereocenters. The Labute approximate surface area is 82.1 Å². The van der Waals surface area contributed by atoms with Gasteiger partial charge < -0.3 is 5.73 Å². The maximum absolute atomic E-state index is 5.86. The molecule has 74 valence electrons. The van der Waals surface area contributed by atoms with E-state index in [9.17, 15) is 0 Å². The van der Waals surface area contributed by atoms with Crippen LogP contribution in [0.4, 0.5) is 0 Å². The van der Waals surface area contributed by atoms with Crippen LogP contribution in [0.3, 0.4) is 0 Å². The van der Waals surface area contributed by atoms with Gasteiger partial charge in [-0.3, -0.25) is 0 Å². The van der Waals surface area contributed by atoms with Gasteiger partial charge in [-0.2, -0.15) is 16.6 Å². The van der Waals surface area contributed by atoms with Gasteiger partial charge in [0.05, 0.1) is 7.05 Å². The van der Waals surface area contributed by atoms with E-state index in [-0.39, 0.29) is 6.04 Å². The second kappa shape index (κ2) is 5.18. The van der Waals surface area contributed by atoms with E-state index >= 15 is 0 Å². The largest absolute Gasteiger partial charge is 0.327 e. The van der Waals surface area contributed by atoms with Gasteiger partial charge in [0.15, 0.2) is 5.82 Å². The van der Waals surface area contributed by atoms with Crippen molar-refractivity contribution in [2.75, 3.05) is 11.5 Å². The number of hydrogen-bond donors (Lipinski definition) is 1. The zero-order valence-corrected chi connectivity index (χ0v) is 8.79. The SMILES string of the molecule is CCSCC(N)Cc1nnn(C)n1. The van der Waals surface area contributed by atoms with Crippen molar-refractivity contribution in [1.29, 1.82) is 0 Å². The molecule has 1 heterocycles. The van der Waals surface area contributed by atoms with Crippen LogP contribution in [0, 0.1) is 0 Å². The van der Waals surface area contributed by atoms with Crippen molar-refractivity contribution in [3.05, 3.63) is 5.82 Å². The van der Waals surface area contributed by atoms with E-state index in [2.05, 4.69) is 22.3 Å². The first kappa shape index (κ1) is 10.5. The number of aryl methyl sites for hydroxylation is 1. The van der Waals surface area contributed by atoms with Crippen LogP contribution in [0.2, 0.25) is 0 Å². The maximum Gasteiger partial charge on any atom is 0.176 e. The summed E-state index contributed by atoms with van der Waals surface area (Å²) in [4.78, 5) is 1.45. The summed E-state index contributed by atoms with van der Waals surface area (Å²) in [5, 5.41) is 11.7. The summed E-state index contributed by atoms with van der Waals surface area (Å²) in [6.45, 7) is 2.12. The van der Waals surface area contributed by atoms with Gasteiger partial charge in [0.25, 0.3) is 0 Å². The summed E-state index contributed by atoms with van der Waals surface area (Å²) in [6, 6.07) is 0.133. The first-order valence-electron chi connectivity index (χ1n) is 4.28. The van der Waals surface area contributed by atoms with E-state index in [1.807, 2.05) is 11.8 Å².